The molecule has 0 radical (unpaired) electrons. The fraction of sp³-hybridized carbons (Fsp3) is 0.857. The van der Waals surface area contributed by atoms with Gasteiger partial charge in [-0.15, -0.1) is 0 Å². The summed E-state index contributed by atoms with van der Waals surface area (Å²) < 4.78 is 25.3. The van der Waals surface area contributed by atoms with E-state index in [-0.39, 0.29) is 11.3 Å². The van der Waals surface area contributed by atoms with Crippen LogP contribution in [0.1, 0.15) is 51.4 Å². The van der Waals surface area contributed by atoms with Gasteiger partial charge in [0.25, 0.3) is 0 Å². The maximum Gasteiger partial charge on any atom is 0.164 e. The minimum atomic E-state index is -2.96. The lowest BCUT2D eigenvalue weighted by atomic mass is 9.95. The molecule has 7 heteroatoms. The predicted octanol–water partition coefficient (Wildman–Crippen LogP) is 1.55. The lowest BCUT2D eigenvalue weighted by molar-refractivity contribution is 0.327. The van der Waals surface area contributed by atoms with E-state index in [0.29, 0.717) is 18.9 Å². The first-order valence-electron chi connectivity index (χ1n) is 7.66. The average molecular weight is 314 g/mol. The van der Waals surface area contributed by atoms with Crippen LogP contribution < -0.4 is 5.32 Å². The van der Waals surface area contributed by atoms with Crippen molar-refractivity contribution in [2.24, 2.45) is 5.92 Å². The van der Waals surface area contributed by atoms with Crippen LogP contribution in [0.3, 0.4) is 0 Å². The first-order chi connectivity index (χ1) is 9.86. The van der Waals surface area contributed by atoms with E-state index in [0.717, 1.165) is 31.6 Å². The van der Waals surface area contributed by atoms with Gasteiger partial charge in [-0.2, -0.15) is 5.10 Å². The van der Waals surface area contributed by atoms with E-state index in [4.69, 9.17) is 0 Å². The van der Waals surface area contributed by atoms with Crippen LogP contribution in [0, 0.1) is 5.92 Å². The second-order valence-corrected chi connectivity index (χ2v) is 8.76. The number of hydrogen-bond acceptors (Lipinski definition) is 5. The maximum absolute atomic E-state index is 11.7. The molecule has 21 heavy (non-hydrogen) atoms. The monoisotopic (exact) mass is 314 g/mol. The standard InChI is InChI=1S/C14H26N4O2S/c1-11(2)8-15-9-14-16-10-18(17-14)12-5-4-6-13(7-12)21(3,19)20/h10-13,15H,4-9H2,1-3H3. The lowest BCUT2D eigenvalue weighted by Crippen LogP contribution is -2.29. The zero-order valence-electron chi connectivity index (χ0n) is 13.1. The molecule has 1 heterocycles. The summed E-state index contributed by atoms with van der Waals surface area (Å²) in [6.45, 7) is 5.92. The fourth-order valence-electron chi connectivity index (χ4n) is 2.79. The molecule has 6 nitrogen and oxygen atoms in total. The van der Waals surface area contributed by atoms with Crippen molar-refractivity contribution >= 4 is 9.84 Å². The van der Waals surface area contributed by atoms with Crippen molar-refractivity contribution in [3.8, 4) is 0 Å². The third kappa shape index (κ3) is 4.78. The Hall–Kier alpha value is -0.950. The molecule has 2 unspecified atom stereocenters. The molecule has 1 saturated carbocycles. The Morgan fingerprint density at radius 1 is 1.43 bits per heavy atom. The van der Waals surface area contributed by atoms with Crippen molar-refractivity contribution < 1.29 is 8.42 Å². The molecular formula is C14H26N4O2S. The largest absolute Gasteiger partial charge is 0.310 e. The molecule has 0 aliphatic heterocycles. The number of aromatic nitrogens is 3. The highest BCUT2D eigenvalue weighted by molar-refractivity contribution is 7.91. The lowest BCUT2D eigenvalue weighted by Gasteiger charge is -2.27. The zero-order chi connectivity index (χ0) is 15.5. The third-order valence-electron chi connectivity index (χ3n) is 3.97. The van der Waals surface area contributed by atoms with Crippen molar-refractivity contribution in [2.75, 3.05) is 12.8 Å². The van der Waals surface area contributed by atoms with Crippen LogP contribution >= 0.6 is 0 Å². The van der Waals surface area contributed by atoms with Gasteiger partial charge in [0.15, 0.2) is 5.82 Å². The van der Waals surface area contributed by atoms with E-state index in [2.05, 4.69) is 29.2 Å². The average Bonchev–Trinajstić information content (AvgIpc) is 2.86. The summed E-state index contributed by atoms with van der Waals surface area (Å²) in [4.78, 5) is 4.32. The van der Waals surface area contributed by atoms with Crippen molar-refractivity contribution in [2.45, 2.75) is 57.4 Å². The minimum Gasteiger partial charge on any atom is -0.310 e. The number of sulfone groups is 1. The molecule has 0 spiro atoms. The second kappa shape index (κ2) is 6.87. The topological polar surface area (TPSA) is 76.9 Å². The van der Waals surface area contributed by atoms with Crippen LogP contribution in [0.25, 0.3) is 0 Å². The number of nitrogens with one attached hydrogen (secondary N) is 1. The molecule has 0 aromatic carbocycles. The Balaban J connectivity index is 1.94. The van der Waals surface area contributed by atoms with Crippen LogP contribution in [-0.4, -0.2) is 41.2 Å². The predicted molar refractivity (Wildman–Crippen MR) is 82.7 cm³/mol. The maximum atomic E-state index is 11.7. The van der Waals surface area contributed by atoms with Crippen LogP contribution in [0.5, 0.6) is 0 Å². The summed E-state index contributed by atoms with van der Waals surface area (Å²) in [7, 11) is -2.96. The number of nitrogens with zero attached hydrogens (tertiary/aromatic N) is 3. The van der Waals surface area contributed by atoms with Crippen LogP contribution in [0.4, 0.5) is 0 Å². The van der Waals surface area contributed by atoms with Gasteiger partial charge in [0.05, 0.1) is 17.8 Å². The molecule has 1 aliphatic carbocycles. The molecule has 0 saturated heterocycles. The van der Waals surface area contributed by atoms with Gasteiger partial charge in [-0.3, -0.25) is 0 Å². The number of hydrogen-bond donors (Lipinski definition) is 1. The van der Waals surface area contributed by atoms with Gasteiger partial charge >= 0.3 is 0 Å². The summed E-state index contributed by atoms with van der Waals surface area (Å²) >= 11 is 0. The zero-order valence-corrected chi connectivity index (χ0v) is 13.9. The van der Waals surface area contributed by atoms with Gasteiger partial charge in [-0.05, 0) is 31.7 Å². The van der Waals surface area contributed by atoms with Crippen molar-refractivity contribution in [3.63, 3.8) is 0 Å². The summed E-state index contributed by atoms with van der Waals surface area (Å²) in [5.74, 6) is 1.37. The number of rotatable bonds is 6. The Bertz CT molecular complexity index is 553. The Morgan fingerprint density at radius 2 is 2.19 bits per heavy atom. The van der Waals surface area contributed by atoms with Crippen molar-refractivity contribution in [3.05, 3.63) is 12.2 Å². The Kier molecular flexibility index (Phi) is 5.37. The van der Waals surface area contributed by atoms with E-state index in [9.17, 15) is 8.42 Å². The molecule has 2 rings (SSSR count). The van der Waals surface area contributed by atoms with Gasteiger partial charge in [0.1, 0.15) is 16.2 Å². The Labute approximate surface area is 127 Å². The smallest absolute Gasteiger partial charge is 0.164 e. The van der Waals surface area contributed by atoms with Crippen LogP contribution in [-0.2, 0) is 16.4 Å². The highest BCUT2D eigenvalue weighted by atomic mass is 32.2. The van der Waals surface area contributed by atoms with E-state index in [1.807, 2.05) is 4.68 Å². The molecular weight excluding hydrogens is 288 g/mol. The van der Waals surface area contributed by atoms with Crippen LogP contribution in [0.2, 0.25) is 0 Å². The second-order valence-electron chi connectivity index (χ2n) is 6.44. The van der Waals surface area contributed by atoms with E-state index >= 15 is 0 Å². The van der Waals surface area contributed by atoms with E-state index < -0.39 is 9.84 Å². The quantitative estimate of drug-likeness (QED) is 0.862. The third-order valence-corrected chi connectivity index (χ3v) is 5.61. The summed E-state index contributed by atoms with van der Waals surface area (Å²) in [6, 6.07) is 0.157. The molecule has 1 aliphatic rings. The van der Waals surface area contributed by atoms with Gasteiger partial charge in [-0.25, -0.2) is 18.1 Å². The normalized spacial score (nSPS) is 23.6. The van der Waals surface area contributed by atoms with Gasteiger partial charge in [0, 0.05) is 6.26 Å². The molecule has 0 amide bonds. The van der Waals surface area contributed by atoms with Crippen LogP contribution in [0.15, 0.2) is 6.33 Å². The summed E-state index contributed by atoms with van der Waals surface area (Å²) in [5, 5.41) is 7.58. The molecule has 1 aromatic rings. The first kappa shape index (κ1) is 16.4. The molecule has 0 bridgehead atoms. The molecule has 2 atom stereocenters. The van der Waals surface area contributed by atoms with Gasteiger partial charge < -0.3 is 5.32 Å². The summed E-state index contributed by atoms with van der Waals surface area (Å²) in [5.41, 5.74) is 0. The van der Waals surface area contributed by atoms with E-state index in [1.165, 1.54) is 6.26 Å². The molecule has 1 fully saturated rings. The molecule has 1 N–H and O–H groups in total. The molecule has 120 valence electrons. The van der Waals surface area contributed by atoms with E-state index in [1.54, 1.807) is 6.33 Å². The summed E-state index contributed by atoms with van der Waals surface area (Å²) in [6.07, 6.45) is 6.41. The first-order valence-corrected chi connectivity index (χ1v) is 9.61. The van der Waals surface area contributed by atoms with Crippen molar-refractivity contribution in [1.29, 1.82) is 0 Å². The van der Waals surface area contributed by atoms with Crippen molar-refractivity contribution in [1.82, 2.24) is 20.1 Å². The molecule has 1 aromatic heterocycles. The van der Waals surface area contributed by atoms with Gasteiger partial charge in [0.2, 0.25) is 0 Å². The van der Waals surface area contributed by atoms with Gasteiger partial charge in [-0.1, -0.05) is 20.3 Å². The fourth-order valence-corrected chi connectivity index (χ4v) is 3.96. The highest BCUT2D eigenvalue weighted by Crippen LogP contribution is 2.31. The minimum absolute atomic E-state index is 0.157. The SMILES string of the molecule is CC(C)CNCc1ncn(C2CCCC(S(C)(=O)=O)C2)n1. The highest BCUT2D eigenvalue weighted by Gasteiger charge is 2.30. The Morgan fingerprint density at radius 3 is 2.86 bits per heavy atom.